The molecule has 0 aromatic carbocycles. The van der Waals surface area contributed by atoms with Crippen LogP contribution in [0.5, 0.6) is 0 Å². The Hall–Kier alpha value is -1.58. The van der Waals surface area contributed by atoms with Crippen LogP contribution in [-0.4, -0.2) is 34.9 Å². The summed E-state index contributed by atoms with van der Waals surface area (Å²) in [5, 5.41) is 3.23. The number of hydrogen-bond donors (Lipinski definition) is 1. The maximum atomic E-state index is 12.7. The average molecular weight is 289 g/mol. The van der Waals surface area contributed by atoms with Crippen LogP contribution in [0.25, 0.3) is 0 Å². The molecule has 1 aromatic rings. The van der Waals surface area contributed by atoms with Gasteiger partial charge >= 0.3 is 0 Å². The SMILES string of the molecule is CCCNc1ccc(C(=O)N(CC)C2CCCCC2)cn1. The van der Waals surface area contributed by atoms with Crippen molar-refractivity contribution in [3.05, 3.63) is 23.9 Å². The zero-order chi connectivity index (χ0) is 15.1. The van der Waals surface area contributed by atoms with Gasteiger partial charge < -0.3 is 10.2 Å². The molecule has 1 amide bonds. The monoisotopic (exact) mass is 289 g/mol. The molecule has 21 heavy (non-hydrogen) atoms. The molecule has 0 bridgehead atoms. The standard InChI is InChI=1S/C17H27N3O/c1-3-12-18-16-11-10-14(13-19-16)17(21)20(4-2)15-8-6-5-7-9-15/h10-11,13,15H,3-9,12H2,1-2H3,(H,18,19). The molecule has 1 aliphatic rings. The van der Waals surface area contributed by atoms with Crippen LogP contribution >= 0.6 is 0 Å². The molecule has 0 spiro atoms. The van der Waals surface area contributed by atoms with Crippen molar-refractivity contribution in [1.29, 1.82) is 0 Å². The quantitative estimate of drug-likeness (QED) is 0.868. The number of carbonyl (C=O) groups excluding carboxylic acids is 1. The third-order valence-corrected chi connectivity index (χ3v) is 4.18. The van der Waals surface area contributed by atoms with E-state index >= 15 is 0 Å². The number of aromatic nitrogens is 1. The van der Waals surface area contributed by atoms with E-state index < -0.39 is 0 Å². The molecule has 116 valence electrons. The van der Waals surface area contributed by atoms with Crippen molar-refractivity contribution in [3.8, 4) is 0 Å². The van der Waals surface area contributed by atoms with Crippen LogP contribution in [-0.2, 0) is 0 Å². The van der Waals surface area contributed by atoms with Crippen molar-refractivity contribution in [2.24, 2.45) is 0 Å². The highest BCUT2D eigenvalue weighted by Crippen LogP contribution is 2.24. The molecule has 4 heteroatoms. The summed E-state index contributed by atoms with van der Waals surface area (Å²) in [7, 11) is 0. The van der Waals surface area contributed by atoms with Gasteiger partial charge in [-0.1, -0.05) is 26.2 Å². The molecule has 4 nitrogen and oxygen atoms in total. The summed E-state index contributed by atoms with van der Waals surface area (Å²) in [5.41, 5.74) is 0.699. The molecule has 1 N–H and O–H groups in total. The molecular formula is C17H27N3O. The first-order valence-corrected chi connectivity index (χ1v) is 8.27. The predicted molar refractivity (Wildman–Crippen MR) is 86.6 cm³/mol. The topological polar surface area (TPSA) is 45.2 Å². The van der Waals surface area contributed by atoms with E-state index in [2.05, 4.69) is 24.1 Å². The fraction of sp³-hybridized carbons (Fsp3) is 0.647. The highest BCUT2D eigenvalue weighted by atomic mass is 16.2. The summed E-state index contributed by atoms with van der Waals surface area (Å²) in [6, 6.07) is 4.20. The third-order valence-electron chi connectivity index (χ3n) is 4.18. The van der Waals surface area contributed by atoms with Crippen molar-refractivity contribution in [2.75, 3.05) is 18.4 Å². The van der Waals surface area contributed by atoms with Crippen molar-refractivity contribution in [2.45, 2.75) is 58.4 Å². The highest BCUT2D eigenvalue weighted by Gasteiger charge is 2.25. The Balaban J connectivity index is 2.02. The number of pyridine rings is 1. The smallest absolute Gasteiger partial charge is 0.255 e. The first-order chi connectivity index (χ1) is 10.3. The third kappa shape index (κ3) is 4.19. The van der Waals surface area contributed by atoms with Gasteiger partial charge in [0.1, 0.15) is 5.82 Å². The normalized spacial score (nSPS) is 15.7. The highest BCUT2D eigenvalue weighted by molar-refractivity contribution is 5.94. The molecule has 1 aliphatic carbocycles. The molecule has 0 radical (unpaired) electrons. The van der Waals surface area contributed by atoms with E-state index in [-0.39, 0.29) is 5.91 Å². The number of amides is 1. The first kappa shape index (κ1) is 15.8. The van der Waals surface area contributed by atoms with Gasteiger partial charge in [0.15, 0.2) is 0 Å². The van der Waals surface area contributed by atoms with Gasteiger partial charge in [-0.25, -0.2) is 4.98 Å². The van der Waals surface area contributed by atoms with E-state index in [9.17, 15) is 4.79 Å². The number of carbonyl (C=O) groups is 1. The van der Waals surface area contributed by atoms with Crippen molar-refractivity contribution in [3.63, 3.8) is 0 Å². The molecule has 2 rings (SSSR count). The Kier molecular flexibility index (Phi) is 6.03. The minimum absolute atomic E-state index is 0.124. The van der Waals surface area contributed by atoms with Crippen LogP contribution in [0.2, 0.25) is 0 Å². The van der Waals surface area contributed by atoms with Gasteiger partial charge in [0.25, 0.3) is 5.91 Å². The van der Waals surface area contributed by atoms with Gasteiger partial charge in [0, 0.05) is 25.3 Å². The van der Waals surface area contributed by atoms with Crippen molar-refractivity contribution in [1.82, 2.24) is 9.88 Å². The second kappa shape index (κ2) is 8.01. The van der Waals surface area contributed by atoms with Gasteiger partial charge in [0.2, 0.25) is 0 Å². The molecule has 1 fully saturated rings. The van der Waals surface area contributed by atoms with E-state index in [0.717, 1.165) is 38.2 Å². The Bertz CT molecular complexity index is 438. The summed E-state index contributed by atoms with van der Waals surface area (Å²) in [4.78, 5) is 19.0. The molecule has 0 saturated heterocycles. The van der Waals surface area contributed by atoms with E-state index in [1.807, 2.05) is 17.0 Å². The summed E-state index contributed by atoms with van der Waals surface area (Å²) >= 11 is 0. The van der Waals surface area contributed by atoms with E-state index in [0.29, 0.717) is 11.6 Å². The molecular weight excluding hydrogens is 262 g/mol. The Labute approximate surface area is 127 Å². The lowest BCUT2D eigenvalue weighted by molar-refractivity contribution is 0.0647. The molecule has 0 aliphatic heterocycles. The van der Waals surface area contributed by atoms with Crippen LogP contribution in [0.3, 0.4) is 0 Å². The molecule has 0 unspecified atom stereocenters. The summed E-state index contributed by atoms with van der Waals surface area (Å²) in [6.45, 7) is 5.87. The van der Waals surface area contributed by atoms with Crippen LogP contribution in [0.15, 0.2) is 18.3 Å². The first-order valence-electron chi connectivity index (χ1n) is 8.27. The summed E-state index contributed by atoms with van der Waals surface area (Å²) in [6.07, 6.45) is 8.84. The summed E-state index contributed by atoms with van der Waals surface area (Å²) < 4.78 is 0. The zero-order valence-corrected chi connectivity index (χ0v) is 13.3. The van der Waals surface area contributed by atoms with E-state index in [1.54, 1.807) is 6.20 Å². The minimum atomic E-state index is 0.124. The number of hydrogen-bond acceptors (Lipinski definition) is 3. The lowest BCUT2D eigenvalue weighted by atomic mass is 9.94. The second-order valence-corrected chi connectivity index (χ2v) is 5.74. The second-order valence-electron chi connectivity index (χ2n) is 5.74. The number of nitrogens with one attached hydrogen (secondary N) is 1. The Morgan fingerprint density at radius 3 is 2.62 bits per heavy atom. The van der Waals surface area contributed by atoms with Gasteiger partial charge in [0.05, 0.1) is 5.56 Å². The maximum Gasteiger partial charge on any atom is 0.255 e. The maximum absolute atomic E-state index is 12.7. The van der Waals surface area contributed by atoms with Crippen molar-refractivity contribution < 1.29 is 4.79 Å². The molecule has 1 heterocycles. The van der Waals surface area contributed by atoms with E-state index in [4.69, 9.17) is 0 Å². The van der Waals surface area contributed by atoms with E-state index in [1.165, 1.54) is 19.3 Å². The van der Waals surface area contributed by atoms with Crippen LogP contribution in [0, 0.1) is 0 Å². The number of anilines is 1. The zero-order valence-electron chi connectivity index (χ0n) is 13.3. The van der Waals surface area contributed by atoms with Crippen molar-refractivity contribution >= 4 is 11.7 Å². The predicted octanol–water partition coefficient (Wildman–Crippen LogP) is 3.70. The minimum Gasteiger partial charge on any atom is -0.370 e. The molecule has 1 saturated carbocycles. The fourth-order valence-electron chi connectivity index (χ4n) is 3.00. The van der Waals surface area contributed by atoms with Gasteiger partial charge in [-0.3, -0.25) is 4.79 Å². The van der Waals surface area contributed by atoms with Gasteiger partial charge in [-0.05, 0) is 38.3 Å². The lowest BCUT2D eigenvalue weighted by Crippen LogP contribution is -2.41. The fourth-order valence-corrected chi connectivity index (χ4v) is 3.00. The molecule has 1 aromatic heterocycles. The van der Waals surface area contributed by atoms with Crippen LogP contribution in [0.4, 0.5) is 5.82 Å². The molecule has 0 atom stereocenters. The van der Waals surface area contributed by atoms with Gasteiger partial charge in [-0.2, -0.15) is 0 Å². The Morgan fingerprint density at radius 2 is 2.05 bits per heavy atom. The summed E-state index contributed by atoms with van der Waals surface area (Å²) in [5.74, 6) is 0.966. The number of nitrogens with zero attached hydrogens (tertiary/aromatic N) is 2. The average Bonchev–Trinajstić information content (AvgIpc) is 2.55. The largest absolute Gasteiger partial charge is 0.370 e. The lowest BCUT2D eigenvalue weighted by Gasteiger charge is -2.33. The number of rotatable bonds is 6. The Morgan fingerprint density at radius 1 is 1.29 bits per heavy atom. The van der Waals surface area contributed by atoms with Crippen LogP contribution < -0.4 is 5.32 Å². The van der Waals surface area contributed by atoms with Gasteiger partial charge in [-0.15, -0.1) is 0 Å². The van der Waals surface area contributed by atoms with Crippen LogP contribution in [0.1, 0.15) is 62.7 Å².